The summed E-state index contributed by atoms with van der Waals surface area (Å²) >= 11 is 5.90. The van der Waals surface area contributed by atoms with Gasteiger partial charge in [-0.1, -0.05) is 54.1 Å². The molecule has 1 atom stereocenters. The van der Waals surface area contributed by atoms with E-state index in [9.17, 15) is 4.79 Å². The lowest BCUT2D eigenvalue weighted by Gasteiger charge is -2.26. The van der Waals surface area contributed by atoms with Gasteiger partial charge in [-0.2, -0.15) is 0 Å². The number of rotatable bonds is 6. The summed E-state index contributed by atoms with van der Waals surface area (Å²) in [7, 11) is 3.36. The molecular weight excluding hydrogens is 298 g/mol. The molecule has 0 aliphatic heterocycles. The van der Waals surface area contributed by atoms with Crippen molar-refractivity contribution in [2.24, 2.45) is 0 Å². The van der Waals surface area contributed by atoms with Crippen molar-refractivity contribution >= 4 is 17.6 Å². The first kappa shape index (κ1) is 16.5. The Bertz CT molecular complexity index is 598. The largest absolute Gasteiger partial charge is 0.468 e. The van der Waals surface area contributed by atoms with E-state index in [4.69, 9.17) is 16.3 Å². The molecule has 0 amide bonds. The quantitative estimate of drug-likeness (QED) is 0.763. The van der Waals surface area contributed by atoms with Gasteiger partial charge in [-0.15, -0.1) is 0 Å². The maximum atomic E-state index is 12.1. The van der Waals surface area contributed by atoms with Crippen LogP contribution in [0.2, 0.25) is 5.02 Å². The predicted octanol–water partition coefficient (Wildman–Crippen LogP) is 3.56. The molecule has 4 heteroatoms. The number of carbonyl (C=O) groups excluding carboxylic acids is 1. The Morgan fingerprint density at radius 3 is 2.32 bits per heavy atom. The predicted molar refractivity (Wildman–Crippen MR) is 88.9 cm³/mol. The van der Waals surface area contributed by atoms with Crippen molar-refractivity contribution in [2.45, 2.75) is 19.0 Å². The van der Waals surface area contributed by atoms with Crippen molar-refractivity contribution in [1.29, 1.82) is 0 Å². The van der Waals surface area contributed by atoms with Crippen molar-refractivity contribution in [3.05, 3.63) is 70.7 Å². The summed E-state index contributed by atoms with van der Waals surface area (Å²) in [4.78, 5) is 14.1. The summed E-state index contributed by atoms with van der Waals surface area (Å²) in [5, 5.41) is 0.709. The van der Waals surface area contributed by atoms with Crippen LogP contribution in [0.4, 0.5) is 0 Å². The number of carbonyl (C=O) groups is 1. The molecule has 0 radical (unpaired) electrons. The monoisotopic (exact) mass is 317 g/mol. The van der Waals surface area contributed by atoms with Crippen molar-refractivity contribution in [3.8, 4) is 0 Å². The lowest BCUT2D eigenvalue weighted by molar-refractivity contribution is -0.146. The first-order chi connectivity index (χ1) is 10.6. The van der Waals surface area contributed by atoms with Gasteiger partial charge in [0.1, 0.15) is 6.04 Å². The fourth-order valence-corrected chi connectivity index (χ4v) is 2.51. The Labute approximate surface area is 136 Å². The zero-order valence-electron chi connectivity index (χ0n) is 12.8. The van der Waals surface area contributed by atoms with Gasteiger partial charge in [-0.05, 0) is 36.7 Å². The molecule has 0 fully saturated rings. The molecule has 2 aromatic rings. The number of nitrogens with zero attached hydrogens (tertiary/aromatic N) is 1. The molecule has 0 N–H and O–H groups in total. The third-order valence-corrected chi connectivity index (χ3v) is 3.87. The van der Waals surface area contributed by atoms with Crippen LogP contribution in [0.1, 0.15) is 11.1 Å². The number of benzene rings is 2. The van der Waals surface area contributed by atoms with Crippen LogP contribution in [-0.4, -0.2) is 31.1 Å². The smallest absolute Gasteiger partial charge is 0.323 e. The van der Waals surface area contributed by atoms with E-state index in [0.717, 1.165) is 11.1 Å². The second kappa shape index (κ2) is 7.97. The Morgan fingerprint density at radius 1 is 1.09 bits per heavy atom. The maximum absolute atomic E-state index is 12.1. The van der Waals surface area contributed by atoms with Crippen LogP contribution >= 0.6 is 11.6 Å². The van der Waals surface area contributed by atoms with Gasteiger partial charge in [-0.3, -0.25) is 9.69 Å². The van der Waals surface area contributed by atoms with E-state index in [1.54, 1.807) is 0 Å². The lowest BCUT2D eigenvalue weighted by atomic mass is 10.0. The molecule has 3 nitrogen and oxygen atoms in total. The maximum Gasteiger partial charge on any atom is 0.323 e. The Balaban J connectivity index is 2.10. The molecule has 0 saturated carbocycles. The second-order valence-corrected chi connectivity index (χ2v) is 5.71. The summed E-state index contributed by atoms with van der Waals surface area (Å²) in [5.41, 5.74) is 2.22. The van der Waals surface area contributed by atoms with E-state index in [1.807, 2.05) is 66.5 Å². The van der Waals surface area contributed by atoms with Gasteiger partial charge in [0.25, 0.3) is 0 Å². The first-order valence-electron chi connectivity index (χ1n) is 7.16. The standard InChI is InChI=1S/C18H20ClNO2/c1-20(13-15-8-10-16(19)11-9-15)17(18(21)22-2)12-14-6-4-3-5-7-14/h3-11,17H,12-13H2,1-2H3/t17-/m0/s1. The number of halogens is 1. The van der Waals surface area contributed by atoms with Gasteiger partial charge < -0.3 is 4.74 Å². The normalized spacial score (nSPS) is 12.2. The zero-order chi connectivity index (χ0) is 15.9. The van der Waals surface area contributed by atoms with E-state index in [0.29, 0.717) is 18.0 Å². The van der Waals surface area contributed by atoms with Crippen molar-refractivity contribution in [1.82, 2.24) is 4.90 Å². The van der Waals surface area contributed by atoms with Crippen molar-refractivity contribution in [3.63, 3.8) is 0 Å². The van der Waals surface area contributed by atoms with E-state index in [-0.39, 0.29) is 12.0 Å². The highest BCUT2D eigenvalue weighted by Crippen LogP contribution is 2.15. The van der Waals surface area contributed by atoms with Crippen LogP contribution in [-0.2, 0) is 22.5 Å². The van der Waals surface area contributed by atoms with Crippen LogP contribution in [0.25, 0.3) is 0 Å². The number of likely N-dealkylation sites (N-methyl/N-ethyl adjacent to an activating group) is 1. The summed E-state index contributed by atoms with van der Waals surface area (Å²) in [6.45, 7) is 0.657. The van der Waals surface area contributed by atoms with Gasteiger partial charge in [-0.25, -0.2) is 0 Å². The summed E-state index contributed by atoms with van der Waals surface area (Å²) < 4.78 is 4.96. The second-order valence-electron chi connectivity index (χ2n) is 5.27. The average Bonchev–Trinajstić information content (AvgIpc) is 2.55. The summed E-state index contributed by atoms with van der Waals surface area (Å²) in [6.07, 6.45) is 0.623. The van der Waals surface area contributed by atoms with Crippen LogP contribution in [0.15, 0.2) is 54.6 Å². The third kappa shape index (κ3) is 4.58. The highest BCUT2D eigenvalue weighted by molar-refractivity contribution is 6.30. The highest BCUT2D eigenvalue weighted by Gasteiger charge is 2.24. The molecule has 0 saturated heterocycles. The number of methoxy groups -OCH3 is 1. The van der Waals surface area contributed by atoms with E-state index >= 15 is 0 Å². The van der Waals surface area contributed by atoms with Crippen molar-refractivity contribution in [2.75, 3.05) is 14.2 Å². The minimum absolute atomic E-state index is 0.222. The molecule has 0 spiro atoms. The molecule has 0 aromatic heterocycles. The lowest BCUT2D eigenvalue weighted by Crippen LogP contribution is -2.40. The molecule has 22 heavy (non-hydrogen) atoms. The van der Waals surface area contributed by atoms with E-state index < -0.39 is 0 Å². The van der Waals surface area contributed by atoms with Gasteiger partial charge in [0.05, 0.1) is 7.11 Å². The van der Waals surface area contributed by atoms with Gasteiger partial charge in [0, 0.05) is 11.6 Å². The number of hydrogen-bond acceptors (Lipinski definition) is 3. The van der Waals surface area contributed by atoms with Gasteiger partial charge in [0.2, 0.25) is 0 Å². The average molecular weight is 318 g/mol. The topological polar surface area (TPSA) is 29.5 Å². The highest BCUT2D eigenvalue weighted by atomic mass is 35.5. The van der Waals surface area contributed by atoms with E-state index in [1.165, 1.54) is 7.11 Å². The Kier molecular flexibility index (Phi) is 5.99. The Morgan fingerprint density at radius 2 is 1.73 bits per heavy atom. The zero-order valence-corrected chi connectivity index (χ0v) is 13.6. The molecule has 0 unspecified atom stereocenters. The molecule has 116 valence electrons. The molecule has 0 aliphatic carbocycles. The SMILES string of the molecule is COC(=O)[C@H](Cc1ccccc1)N(C)Cc1ccc(Cl)cc1. The van der Waals surface area contributed by atoms with Crippen molar-refractivity contribution < 1.29 is 9.53 Å². The van der Waals surface area contributed by atoms with Gasteiger partial charge >= 0.3 is 5.97 Å². The fourth-order valence-electron chi connectivity index (χ4n) is 2.38. The Hall–Kier alpha value is -1.84. The number of esters is 1. The minimum Gasteiger partial charge on any atom is -0.468 e. The molecule has 2 aromatic carbocycles. The molecule has 0 aliphatic rings. The van der Waals surface area contributed by atoms with Gasteiger partial charge in [0.15, 0.2) is 0 Å². The molecule has 2 rings (SSSR count). The summed E-state index contributed by atoms with van der Waals surface area (Å²) in [5.74, 6) is -0.222. The fraction of sp³-hybridized carbons (Fsp3) is 0.278. The minimum atomic E-state index is -0.317. The molecule has 0 bridgehead atoms. The third-order valence-electron chi connectivity index (χ3n) is 3.62. The van der Waals surface area contributed by atoms with Crippen LogP contribution in [0.3, 0.4) is 0 Å². The molecular formula is C18H20ClNO2. The summed E-state index contributed by atoms with van der Waals surface area (Å²) in [6, 6.07) is 17.3. The number of hydrogen-bond donors (Lipinski definition) is 0. The first-order valence-corrected chi connectivity index (χ1v) is 7.54. The van der Waals surface area contributed by atoms with Crippen LogP contribution < -0.4 is 0 Å². The van der Waals surface area contributed by atoms with Crippen LogP contribution in [0, 0.1) is 0 Å². The molecule has 0 heterocycles. The number of ether oxygens (including phenoxy) is 1. The van der Waals surface area contributed by atoms with E-state index in [2.05, 4.69) is 0 Å². The van der Waals surface area contributed by atoms with Crippen LogP contribution in [0.5, 0.6) is 0 Å².